The average Bonchev–Trinajstić information content (AvgIpc) is 2.78. The minimum atomic E-state index is -0.280. The molecule has 0 aromatic heterocycles. The van der Waals surface area contributed by atoms with E-state index in [1.54, 1.807) is 0 Å². The number of carbonyl (C=O) groups excluding carboxylic acids is 2. The van der Waals surface area contributed by atoms with E-state index >= 15 is 0 Å². The Morgan fingerprint density at radius 1 is 1.16 bits per heavy atom. The molecule has 2 amide bonds. The molecule has 1 atom stereocenters. The van der Waals surface area contributed by atoms with Gasteiger partial charge in [0.2, 0.25) is 11.8 Å². The zero-order chi connectivity index (χ0) is 21.8. The highest BCUT2D eigenvalue weighted by Gasteiger charge is 2.33. The van der Waals surface area contributed by atoms with Crippen LogP contribution in [-0.2, 0) is 20.7 Å². The van der Waals surface area contributed by atoms with Crippen molar-refractivity contribution in [2.75, 3.05) is 32.8 Å². The van der Waals surface area contributed by atoms with Crippen LogP contribution in [0.1, 0.15) is 36.0 Å². The fourth-order valence-electron chi connectivity index (χ4n) is 4.06. The second-order valence-corrected chi connectivity index (χ2v) is 8.32. The summed E-state index contributed by atoms with van der Waals surface area (Å²) >= 11 is 6.23. The first-order chi connectivity index (χ1) is 15.0. The smallest absolute Gasteiger partial charge is 0.230 e. The summed E-state index contributed by atoms with van der Waals surface area (Å²) < 4.78 is 5.41. The Morgan fingerprint density at radius 2 is 1.90 bits per heavy atom. The van der Waals surface area contributed by atoms with Gasteiger partial charge in [0.15, 0.2) is 0 Å². The number of nitrogens with one attached hydrogen (secondary N) is 1. The van der Waals surface area contributed by atoms with E-state index in [1.165, 1.54) is 6.92 Å². The predicted octanol–water partition coefficient (Wildman–Crippen LogP) is 3.49. The van der Waals surface area contributed by atoms with Crippen LogP contribution in [0.2, 0.25) is 5.02 Å². The Kier molecular flexibility index (Phi) is 6.68. The first-order valence-corrected chi connectivity index (χ1v) is 11.0. The first kappa shape index (κ1) is 21.5. The van der Waals surface area contributed by atoms with Crippen LogP contribution in [0.15, 0.2) is 47.5 Å². The van der Waals surface area contributed by atoms with Gasteiger partial charge in [0.25, 0.3) is 0 Å². The lowest BCUT2D eigenvalue weighted by Gasteiger charge is -2.32. The van der Waals surface area contributed by atoms with Gasteiger partial charge in [-0.15, -0.1) is 0 Å². The Bertz CT molecular complexity index is 998. The number of nitrogens with zero attached hydrogens (tertiary/aromatic N) is 2. The lowest BCUT2D eigenvalue weighted by Crippen LogP contribution is -2.43. The number of rotatable bonds is 5. The fourth-order valence-corrected chi connectivity index (χ4v) is 4.22. The Hall–Kier alpha value is -2.70. The van der Waals surface area contributed by atoms with Crippen molar-refractivity contribution in [2.24, 2.45) is 4.99 Å². The molecular weight excluding hydrogens is 414 g/mol. The molecule has 2 aromatic rings. The van der Waals surface area contributed by atoms with Crippen molar-refractivity contribution in [1.29, 1.82) is 0 Å². The minimum absolute atomic E-state index is 0.0264. The van der Waals surface area contributed by atoms with Gasteiger partial charge in [-0.2, -0.15) is 0 Å². The molecule has 0 bridgehead atoms. The van der Waals surface area contributed by atoms with Crippen molar-refractivity contribution in [2.45, 2.75) is 25.7 Å². The van der Waals surface area contributed by atoms with E-state index in [1.807, 2.05) is 47.4 Å². The average molecular weight is 440 g/mol. The zero-order valence-corrected chi connectivity index (χ0v) is 18.3. The molecule has 0 spiro atoms. The van der Waals surface area contributed by atoms with Gasteiger partial charge in [-0.05, 0) is 35.2 Å². The molecule has 0 saturated carbocycles. The number of amides is 2. The van der Waals surface area contributed by atoms with Crippen LogP contribution >= 0.6 is 11.6 Å². The molecule has 6 nitrogen and oxygen atoms in total. The summed E-state index contributed by atoms with van der Waals surface area (Å²) in [6.07, 6.45) is 1.32. The monoisotopic (exact) mass is 439 g/mol. The van der Waals surface area contributed by atoms with Gasteiger partial charge in [0.05, 0.1) is 24.8 Å². The van der Waals surface area contributed by atoms with Gasteiger partial charge in [-0.1, -0.05) is 41.9 Å². The molecule has 1 N–H and O–H groups in total. The number of hydrogen-bond acceptors (Lipinski definition) is 4. The largest absolute Gasteiger partial charge is 0.378 e. The van der Waals surface area contributed by atoms with Gasteiger partial charge >= 0.3 is 0 Å². The quantitative estimate of drug-likeness (QED) is 0.775. The Morgan fingerprint density at radius 3 is 2.61 bits per heavy atom. The molecule has 7 heteroatoms. The van der Waals surface area contributed by atoms with Crippen molar-refractivity contribution in [3.63, 3.8) is 0 Å². The van der Waals surface area contributed by atoms with Crippen molar-refractivity contribution < 1.29 is 14.3 Å². The molecule has 1 unspecified atom stereocenters. The maximum absolute atomic E-state index is 13.4. The molecule has 31 heavy (non-hydrogen) atoms. The maximum Gasteiger partial charge on any atom is 0.230 e. The van der Waals surface area contributed by atoms with Crippen LogP contribution in [0.4, 0.5) is 5.69 Å². The van der Waals surface area contributed by atoms with Crippen LogP contribution in [-0.4, -0.2) is 55.3 Å². The number of ether oxygens (including phenoxy) is 1. The van der Waals surface area contributed by atoms with Crippen LogP contribution in [0.3, 0.4) is 0 Å². The van der Waals surface area contributed by atoms with Gasteiger partial charge in [-0.25, -0.2) is 0 Å². The molecule has 1 saturated heterocycles. The van der Waals surface area contributed by atoms with E-state index in [-0.39, 0.29) is 17.7 Å². The first-order valence-electron chi connectivity index (χ1n) is 10.6. The summed E-state index contributed by atoms with van der Waals surface area (Å²) in [5.74, 6) is -0.190. The Balaban J connectivity index is 1.58. The number of hydrogen-bond donors (Lipinski definition) is 1. The van der Waals surface area contributed by atoms with E-state index in [4.69, 9.17) is 21.3 Å². The Labute approximate surface area is 187 Å². The molecule has 0 aliphatic carbocycles. The van der Waals surface area contributed by atoms with E-state index < -0.39 is 0 Å². The van der Waals surface area contributed by atoms with Gasteiger partial charge in [-0.3, -0.25) is 14.6 Å². The molecule has 2 aromatic carbocycles. The predicted molar refractivity (Wildman–Crippen MR) is 121 cm³/mol. The normalized spacial score (nSPS) is 18.2. The summed E-state index contributed by atoms with van der Waals surface area (Å²) in [6, 6.07) is 13.7. The molecule has 2 aliphatic heterocycles. The van der Waals surface area contributed by atoms with Crippen LogP contribution in [0.25, 0.3) is 0 Å². The van der Waals surface area contributed by atoms with Crippen LogP contribution in [0, 0.1) is 0 Å². The topological polar surface area (TPSA) is 71.0 Å². The van der Waals surface area contributed by atoms with Gasteiger partial charge < -0.3 is 15.0 Å². The van der Waals surface area contributed by atoms with Crippen molar-refractivity contribution in [3.8, 4) is 0 Å². The lowest BCUT2D eigenvalue weighted by atomic mass is 9.86. The standard InChI is InChI=1S/C24H26ClN3O3/c1-16(29)26-9-8-17-2-4-18(5-3-17)22-15-21(24(30)28-10-12-31-13-11-28)20-7-6-19(25)14-23(20)27-22/h2-7,14,21H,8-13,15H2,1H3,(H,26,29). The molecule has 2 heterocycles. The molecule has 1 fully saturated rings. The zero-order valence-electron chi connectivity index (χ0n) is 17.6. The summed E-state index contributed by atoms with van der Waals surface area (Å²) in [4.78, 5) is 31.1. The number of benzene rings is 2. The maximum atomic E-state index is 13.4. The highest BCUT2D eigenvalue weighted by molar-refractivity contribution is 6.31. The van der Waals surface area contributed by atoms with Crippen molar-refractivity contribution in [1.82, 2.24) is 10.2 Å². The van der Waals surface area contributed by atoms with Crippen molar-refractivity contribution >= 4 is 34.8 Å². The molecular formula is C24H26ClN3O3. The summed E-state index contributed by atoms with van der Waals surface area (Å²) in [6.45, 7) is 4.52. The lowest BCUT2D eigenvalue weighted by molar-refractivity contribution is -0.136. The highest BCUT2D eigenvalue weighted by atomic mass is 35.5. The highest BCUT2D eigenvalue weighted by Crippen LogP contribution is 2.38. The van der Waals surface area contributed by atoms with E-state index in [2.05, 4.69) is 5.32 Å². The van der Waals surface area contributed by atoms with Crippen LogP contribution in [0.5, 0.6) is 0 Å². The summed E-state index contributed by atoms with van der Waals surface area (Å²) in [5, 5.41) is 3.42. The third kappa shape index (κ3) is 5.14. The number of halogens is 1. The molecule has 162 valence electrons. The minimum Gasteiger partial charge on any atom is -0.378 e. The van der Waals surface area contributed by atoms with E-state index in [9.17, 15) is 9.59 Å². The van der Waals surface area contributed by atoms with E-state index in [0.29, 0.717) is 44.3 Å². The number of aliphatic imine (C=N–C) groups is 1. The number of fused-ring (bicyclic) bond motifs is 1. The second kappa shape index (κ2) is 9.62. The second-order valence-electron chi connectivity index (χ2n) is 7.89. The number of morpholine rings is 1. The third-order valence-corrected chi connectivity index (χ3v) is 5.95. The van der Waals surface area contributed by atoms with E-state index in [0.717, 1.165) is 34.5 Å². The van der Waals surface area contributed by atoms with Crippen LogP contribution < -0.4 is 5.32 Å². The van der Waals surface area contributed by atoms with Crippen molar-refractivity contribution in [3.05, 3.63) is 64.2 Å². The summed E-state index contributed by atoms with van der Waals surface area (Å²) in [7, 11) is 0. The summed E-state index contributed by atoms with van der Waals surface area (Å²) in [5.41, 5.74) is 4.70. The van der Waals surface area contributed by atoms with Gasteiger partial charge in [0.1, 0.15) is 0 Å². The molecule has 4 rings (SSSR count). The fraction of sp³-hybridized carbons (Fsp3) is 0.375. The SMILES string of the molecule is CC(=O)NCCc1ccc(C2=Nc3cc(Cl)ccc3C(C(=O)N3CCOCC3)C2)cc1. The third-order valence-electron chi connectivity index (χ3n) is 5.72. The molecule has 2 aliphatic rings. The van der Waals surface area contributed by atoms with Gasteiger partial charge in [0, 0.05) is 43.7 Å². The molecule has 0 radical (unpaired) electrons. The number of carbonyl (C=O) groups is 2.